The summed E-state index contributed by atoms with van der Waals surface area (Å²) < 4.78 is 0. The van der Waals surface area contributed by atoms with Gasteiger partial charge in [-0.3, -0.25) is 19.7 Å². The molecule has 2 aromatic rings. The summed E-state index contributed by atoms with van der Waals surface area (Å²) in [6.07, 6.45) is 0. The molecule has 0 saturated carbocycles. The zero-order valence-corrected chi connectivity index (χ0v) is 12.6. The highest BCUT2D eigenvalue weighted by molar-refractivity contribution is 6.05. The average Bonchev–Trinajstić information content (AvgIpc) is 2.54. The van der Waals surface area contributed by atoms with E-state index in [1.165, 1.54) is 25.2 Å². The van der Waals surface area contributed by atoms with Crippen LogP contribution >= 0.6 is 0 Å². The number of carbonyl (C=O) groups is 2. The molecule has 0 saturated heterocycles. The largest absolute Gasteiger partial charge is 0.355 e. The van der Waals surface area contributed by atoms with E-state index >= 15 is 0 Å². The summed E-state index contributed by atoms with van der Waals surface area (Å²) in [5.41, 5.74) is 1.54. The van der Waals surface area contributed by atoms with Crippen LogP contribution in [0.15, 0.2) is 42.5 Å². The Hall–Kier alpha value is -3.22. The molecule has 2 aromatic carbocycles. The number of nitrogens with one attached hydrogen (secondary N) is 2. The van der Waals surface area contributed by atoms with Crippen molar-refractivity contribution in [2.75, 3.05) is 12.4 Å². The van der Waals surface area contributed by atoms with Gasteiger partial charge in [0.1, 0.15) is 0 Å². The van der Waals surface area contributed by atoms with Gasteiger partial charge in [0.2, 0.25) is 0 Å². The molecule has 118 valence electrons. The monoisotopic (exact) mass is 313 g/mol. The molecule has 2 rings (SSSR count). The van der Waals surface area contributed by atoms with Crippen molar-refractivity contribution in [2.45, 2.75) is 6.92 Å². The number of nitro groups is 1. The quantitative estimate of drug-likeness (QED) is 0.669. The van der Waals surface area contributed by atoms with Gasteiger partial charge in [-0.25, -0.2) is 0 Å². The highest BCUT2D eigenvalue weighted by Gasteiger charge is 2.15. The molecule has 0 spiro atoms. The first-order valence-corrected chi connectivity index (χ1v) is 6.81. The van der Waals surface area contributed by atoms with Crippen molar-refractivity contribution in [1.82, 2.24) is 5.32 Å². The van der Waals surface area contributed by atoms with Crippen molar-refractivity contribution in [2.24, 2.45) is 0 Å². The summed E-state index contributed by atoms with van der Waals surface area (Å²) in [7, 11) is 1.53. The van der Waals surface area contributed by atoms with Gasteiger partial charge in [-0.15, -0.1) is 0 Å². The topological polar surface area (TPSA) is 101 Å². The smallest absolute Gasteiger partial charge is 0.273 e. The maximum absolute atomic E-state index is 12.2. The SMILES string of the molecule is CNC(=O)c1ccc(NC(=O)c2ccc(C)c([N+](=O)[O-])c2)cc1. The van der Waals surface area contributed by atoms with Crippen LogP contribution in [0.5, 0.6) is 0 Å². The standard InChI is InChI=1S/C16H15N3O4/c1-10-3-4-12(9-14(10)19(22)23)16(21)18-13-7-5-11(6-8-13)15(20)17-2/h3-9H,1-2H3,(H,17,20)(H,18,21). The molecular formula is C16H15N3O4. The summed E-state index contributed by atoms with van der Waals surface area (Å²) in [6.45, 7) is 1.61. The van der Waals surface area contributed by atoms with E-state index in [1.807, 2.05) is 0 Å². The van der Waals surface area contributed by atoms with Crippen molar-refractivity contribution in [3.05, 3.63) is 69.3 Å². The van der Waals surface area contributed by atoms with Crippen molar-refractivity contribution < 1.29 is 14.5 Å². The van der Waals surface area contributed by atoms with E-state index in [0.29, 0.717) is 16.8 Å². The summed E-state index contributed by atoms with van der Waals surface area (Å²) in [5.74, 6) is -0.683. The molecule has 0 aliphatic carbocycles. The van der Waals surface area contributed by atoms with Gasteiger partial charge in [0.25, 0.3) is 17.5 Å². The highest BCUT2D eigenvalue weighted by Crippen LogP contribution is 2.20. The summed E-state index contributed by atoms with van der Waals surface area (Å²) in [5, 5.41) is 16.1. The molecule has 0 heterocycles. The van der Waals surface area contributed by atoms with Gasteiger partial charge in [-0.2, -0.15) is 0 Å². The second kappa shape index (κ2) is 6.69. The lowest BCUT2D eigenvalue weighted by Crippen LogP contribution is -2.18. The summed E-state index contributed by atoms with van der Waals surface area (Å²) in [4.78, 5) is 34.0. The molecule has 0 atom stereocenters. The van der Waals surface area contributed by atoms with E-state index in [-0.39, 0.29) is 17.2 Å². The number of rotatable bonds is 4. The number of hydrogen-bond donors (Lipinski definition) is 2. The third kappa shape index (κ3) is 3.70. The Kier molecular flexibility index (Phi) is 4.70. The minimum atomic E-state index is -0.524. The number of hydrogen-bond acceptors (Lipinski definition) is 4. The average molecular weight is 313 g/mol. The molecule has 7 heteroatoms. The van der Waals surface area contributed by atoms with Gasteiger partial charge in [-0.1, -0.05) is 6.07 Å². The third-order valence-electron chi connectivity index (χ3n) is 3.30. The Morgan fingerprint density at radius 3 is 2.17 bits per heavy atom. The zero-order chi connectivity index (χ0) is 17.0. The van der Waals surface area contributed by atoms with Gasteiger partial charge < -0.3 is 10.6 Å². The lowest BCUT2D eigenvalue weighted by Gasteiger charge is -2.07. The number of nitrogens with zero attached hydrogens (tertiary/aromatic N) is 1. The highest BCUT2D eigenvalue weighted by atomic mass is 16.6. The molecule has 2 amide bonds. The molecule has 0 aromatic heterocycles. The minimum absolute atomic E-state index is 0.104. The van der Waals surface area contributed by atoms with Crippen molar-refractivity contribution in [3.63, 3.8) is 0 Å². The molecule has 0 aliphatic heterocycles. The molecule has 0 fully saturated rings. The Morgan fingerprint density at radius 2 is 1.61 bits per heavy atom. The molecule has 23 heavy (non-hydrogen) atoms. The van der Waals surface area contributed by atoms with Crippen molar-refractivity contribution >= 4 is 23.2 Å². The number of benzene rings is 2. The number of anilines is 1. The van der Waals surface area contributed by atoms with Crippen LogP contribution in [0, 0.1) is 17.0 Å². The van der Waals surface area contributed by atoms with Crippen LogP contribution in [0.25, 0.3) is 0 Å². The maximum Gasteiger partial charge on any atom is 0.273 e. The van der Waals surface area contributed by atoms with Crippen LogP contribution < -0.4 is 10.6 Å². The van der Waals surface area contributed by atoms with Crippen molar-refractivity contribution in [3.8, 4) is 0 Å². The summed E-state index contributed by atoms with van der Waals surface area (Å²) in [6, 6.07) is 10.6. The van der Waals surface area contributed by atoms with Gasteiger partial charge in [0, 0.05) is 35.5 Å². The number of amides is 2. The second-order valence-corrected chi connectivity index (χ2v) is 4.87. The first-order valence-electron chi connectivity index (χ1n) is 6.81. The van der Waals surface area contributed by atoms with E-state index in [9.17, 15) is 19.7 Å². The van der Waals surface area contributed by atoms with Crippen LogP contribution in [-0.2, 0) is 0 Å². The number of nitro benzene ring substituents is 1. The lowest BCUT2D eigenvalue weighted by atomic mass is 10.1. The van der Waals surface area contributed by atoms with Gasteiger partial charge in [0.15, 0.2) is 0 Å². The van der Waals surface area contributed by atoms with Crippen LogP contribution in [0.2, 0.25) is 0 Å². The Bertz CT molecular complexity index is 769. The first kappa shape index (κ1) is 16.2. The predicted molar refractivity (Wildman–Crippen MR) is 85.6 cm³/mol. The van der Waals surface area contributed by atoms with E-state index < -0.39 is 10.8 Å². The molecular weight excluding hydrogens is 298 g/mol. The van der Waals surface area contributed by atoms with E-state index in [4.69, 9.17) is 0 Å². The molecule has 0 aliphatic rings. The van der Waals surface area contributed by atoms with Gasteiger partial charge in [0.05, 0.1) is 4.92 Å². The fourth-order valence-electron chi connectivity index (χ4n) is 2.00. The van der Waals surface area contributed by atoms with Crippen LogP contribution in [-0.4, -0.2) is 23.8 Å². The van der Waals surface area contributed by atoms with E-state index in [0.717, 1.165) is 0 Å². The van der Waals surface area contributed by atoms with Gasteiger partial charge in [-0.05, 0) is 37.3 Å². The normalized spacial score (nSPS) is 10.0. The molecule has 7 nitrogen and oxygen atoms in total. The maximum atomic E-state index is 12.2. The number of aryl methyl sites for hydroxylation is 1. The predicted octanol–water partition coefficient (Wildman–Crippen LogP) is 2.52. The van der Waals surface area contributed by atoms with Crippen LogP contribution in [0.4, 0.5) is 11.4 Å². The van der Waals surface area contributed by atoms with E-state index in [2.05, 4.69) is 10.6 Å². The molecule has 0 bridgehead atoms. The summed E-state index contributed by atoms with van der Waals surface area (Å²) >= 11 is 0. The Balaban J connectivity index is 2.17. The van der Waals surface area contributed by atoms with Crippen LogP contribution in [0.1, 0.15) is 26.3 Å². The molecule has 0 radical (unpaired) electrons. The second-order valence-electron chi connectivity index (χ2n) is 4.87. The molecule has 2 N–H and O–H groups in total. The fraction of sp³-hybridized carbons (Fsp3) is 0.125. The lowest BCUT2D eigenvalue weighted by molar-refractivity contribution is -0.385. The first-order chi connectivity index (χ1) is 10.9. The number of carbonyl (C=O) groups excluding carboxylic acids is 2. The Labute approximate surface area is 132 Å². The van der Waals surface area contributed by atoms with Gasteiger partial charge >= 0.3 is 0 Å². The zero-order valence-electron chi connectivity index (χ0n) is 12.6. The fourth-order valence-corrected chi connectivity index (χ4v) is 2.00. The third-order valence-corrected chi connectivity index (χ3v) is 3.30. The van der Waals surface area contributed by atoms with Crippen molar-refractivity contribution in [1.29, 1.82) is 0 Å². The van der Waals surface area contributed by atoms with E-state index in [1.54, 1.807) is 31.2 Å². The van der Waals surface area contributed by atoms with Crippen LogP contribution in [0.3, 0.4) is 0 Å². The minimum Gasteiger partial charge on any atom is -0.355 e. The Morgan fingerprint density at radius 1 is 1.00 bits per heavy atom. The molecule has 0 unspecified atom stereocenters.